The number of halogens is 2. The van der Waals surface area contributed by atoms with E-state index in [1.54, 1.807) is 0 Å². The molecule has 0 amide bonds. The maximum Gasteiger partial charge on any atom is 0.202 e. The Bertz CT molecular complexity index is 438. The molecule has 0 saturated heterocycles. The minimum Gasteiger partial charge on any atom is -0.505 e. The van der Waals surface area contributed by atoms with Gasteiger partial charge in [0.2, 0.25) is 5.82 Å². The number of H-pyrrole nitrogens is 1. The molecule has 0 fully saturated rings. The Hall–Kier alpha value is -1.65. The van der Waals surface area contributed by atoms with Crippen molar-refractivity contribution in [1.82, 2.24) is 9.97 Å². The van der Waals surface area contributed by atoms with E-state index in [4.69, 9.17) is 5.11 Å². The standard InChI is InChI=1S/C7H4F2N2O/c8-5-4(12)1-3-7(6(5)9)11-2-10-3/h1-2,12H,(H,10,11). The number of nitrogens with zero attached hydrogens (tertiary/aromatic N) is 1. The fraction of sp³-hybridized carbons (Fsp3) is 0. The topological polar surface area (TPSA) is 48.9 Å². The maximum atomic E-state index is 12.9. The third kappa shape index (κ3) is 0.761. The second-order valence-electron chi connectivity index (χ2n) is 2.32. The highest BCUT2D eigenvalue weighted by Crippen LogP contribution is 2.24. The predicted molar refractivity (Wildman–Crippen MR) is 37.7 cm³/mol. The summed E-state index contributed by atoms with van der Waals surface area (Å²) in [6, 6.07) is 1.08. The molecule has 1 aromatic carbocycles. The summed E-state index contributed by atoms with van der Waals surface area (Å²) in [5.74, 6) is -3.12. The molecule has 2 aromatic rings. The molecule has 3 nitrogen and oxygen atoms in total. The molecule has 0 bridgehead atoms. The number of aromatic hydroxyl groups is 1. The molecule has 1 heterocycles. The van der Waals surface area contributed by atoms with Crippen LogP contribution in [0.25, 0.3) is 11.0 Å². The van der Waals surface area contributed by atoms with E-state index in [0.29, 0.717) is 0 Å². The number of benzene rings is 1. The number of fused-ring (bicyclic) bond motifs is 1. The fourth-order valence-electron chi connectivity index (χ4n) is 1.01. The van der Waals surface area contributed by atoms with Crippen molar-refractivity contribution >= 4 is 11.0 Å². The Morgan fingerprint density at radius 3 is 2.83 bits per heavy atom. The molecule has 0 saturated carbocycles. The summed E-state index contributed by atoms with van der Waals surface area (Å²) < 4.78 is 25.5. The number of hydrogen-bond acceptors (Lipinski definition) is 2. The van der Waals surface area contributed by atoms with Crippen LogP contribution in [0.15, 0.2) is 12.4 Å². The van der Waals surface area contributed by atoms with Crippen LogP contribution in [0.2, 0.25) is 0 Å². The lowest BCUT2D eigenvalue weighted by molar-refractivity contribution is 0.410. The second kappa shape index (κ2) is 2.17. The number of rotatable bonds is 0. The minimum atomic E-state index is -1.27. The lowest BCUT2D eigenvalue weighted by Gasteiger charge is -1.96. The van der Waals surface area contributed by atoms with Gasteiger partial charge >= 0.3 is 0 Å². The second-order valence-corrected chi connectivity index (χ2v) is 2.32. The van der Waals surface area contributed by atoms with Crippen LogP contribution in [-0.4, -0.2) is 15.1 Å². The SMILES string of the molecule is Oc1cc2[nH]cnc2c(F)c1F. The number of hydrogen-bond donors (Lipinski definition) is 2. The highest BCUT2D eigenvalue weighted by molar-refractivity contribution is 5.76. The minimum absolute atomic E-state index is 0.106. The molecule has 1 aromatic heterocycles. The molecule has 2 rings (SSSR count). The van der Waals surface area contributed by atoms with E-state index in [-0.39, 0.29) is 11.0 Å². The molecule has 2 N–H and O–H groups in total. The van der Waals surface area contributed by atoms with Crippen molar-refractivity contribution in [2.75, 3.05) is 0 Å². The van der Waals surface area contributed by atoms with Gasteiger partial charge in [-0.1, -0.05) is 0 Å². The Morgan fingerprint density at radius 2 is 2.08 bits per heavy atom. The molecule has 0 atom stereocenters. The van der Waals surface area contributed by atoms with E-state index in [9.17, 15) is 8.78 Å². The van der Waals surface area contributed by atoms with Crippen LogP contribution in [0.5, 0.6) is 5.75 Å². The molecule has 0 unspecified atom stereocenters. The Morgan fingerprint density at radius 1 is 1.33 bits per heavy atom. The van der Waals surface area contributed by atoms with Gasteiger partial charge in [-0.25, -0.2) is 9.37 Å². The zero-order chi connectivity index (χ0) is 8.72. The van der Waals surface area contributed by atoms with Crippen LogP contribution in [0.4, 0.5) is 8.78 Å². The van der Waals surface area contributed by atoms with Crippen LogP contribution in [0.1, 0.15) is 0 Å². The van der Waals surface area contributed by atoms with Gasteiger partial charge < -0.3 is 10.1 Å². The predicted octanol–water partition coefficient (Wildman–Crippen LogP) is 1.55. The monoisotopic (exact) mass is 170 g/mol. The van der Waals surface area contributed by atoms with Gasteiger partial charge in [0.05, 0.1) is 11.8 Å². The van der Waals surface area contributed by atoms with Gasteiger partial charge in [-0.2, -0.15) is 4.39 Å². The van der Waals surface area contributed by atoms with Gasteiger partial charge in [-0.3, -0.25) is 0 Å². The van der Waals surface area contributed by atoms with Gasteiger partial charge in [0.1, 0.15) is 5.52 Å². The van der Waals surface area contributed by atoms with E-state index in [1.807, 2.05) is 0 Å². The summed E-state index contributed by atoms with van der Waals surface area (Å²) in [6.07, 6.45) is 1.23. The lowest BCUT2D eigenvalue weighted by Crippen LogP contribution is -1.86. The van der Waals surface area contributed by atoms with Gasteiger partial charge in [0.15, 0.2) is 11.6 Å². The largest absolute Gasteiger partial charge is 0.505 e. The van der Waals surface area contributed by atoms with Crippen molar-refractivity contribution in [2.45, 2.75) is 0 Å². The lowest BCUT2D eigenvalue weighted by atomic mass is 10.3. The van der Waals surface area contributed by atoms with Crippen LogP contribution < -0.4 is 0 Å². The first-order valence-electron chi connectivity index (χ1n) is 3.20. The average Bonchev–Trinajstić information content (AvgIpc) is 2.48. The quantitative estimate of drug-likeness (QED) is 0.630. The Labute approximate surface area is 65.7 Å². The number of imidazole rings is 1. The number of phenols is 1. The molecule has 0 aliphatic carbocycles. The van der Waals surface area contributed by atoms with Crippen molar-refractivity contribution in [2.24, 2.45) is 0 Å². The summed E-state index contributed by atoms with van der Waals surface area (Å²) in [5.41, 5.74) is 0.164. The van der Waals surface area contributed by atoms with E-state index < -0.39 is 17.4 Å². The van der Waals surface area contributed by atoms with Crippen molar-refractivity contribution in [3.8, 4) is 5.75 Å². The van der Waals surface area contributed by atoms with E-state index >= 15 is 0 Å². The molecule has 5 heteroatoms. The molecule has 0 aliphatic rings. The summed E-state index contributed by atoms with van der Waals surface area (Å²) in [6.45, 7) is 0. The highest BCUT2D eigenvalue weighted by atomic mass is 19.2. The smallest absolute Gasteiger partial charge is 0.202 e. The first-order valence-corrected chi connectivity index (χ1v) is 3.20. The summed E-state index contributed by atoms with van der Waals surface area (Å²) >= 11 is 0. The van der Waals surface area contributed by atoms with Gasteiger partial charge in [-0.15, -0.1) is 0 Å². The van der Waals surface area contributed by atoms with Crippen molar-refractivity contribution in [3.63, 3.8) is 0 Å². The van der Waals surface area contributed by atoms with Crippen molar-refractivity contribution in [1.29, 1.82) is 0 Å². The van der Waals surface area contributed by atoms with Gasteiger partial charge in [0, 0.05) is 6.07 Å². The number of nitrogens with one attached hydrogen (secondary N) is 1. The third-order valence-corrected chi connectivity index (χ3v) is 1.58. The first-order chi connectivity index (χ1) is 5.70. The molecular formula is C7H4F2N2O. The van der Waals surface area contributed by atoms with Gasteiger partial charge in [0.25, 0.3) is 0 Å². The summed E-state index contributed by atoms with van der Waals surface area (Å²) in [4.78, 5) is 6.09. The van der Waals surface area contributed by atoms with Crippen LogP contribution >= 0.6 is 0 Å². The molecule has 0 radical (unpaired) electrons. The van der Waals surface area contributed by atoms with Crippen LogP contribution in [0, 0.1) is 11.6 Å². The Balaban J connectivity index is 2.94. The zero-order valence-electron chi connectivity index (χ0n) is 5.81. The first kappa shape index (κ1) is 7.02. The number of aromatic nitrogens is 2. The zero-order valence-corrected chi connectivity index (χ0v) is 5.81. The third-order valence-electron chi connectivity index (χ3n) is 1.58. The number of aromatic amines is 1. The maximum absolute atomic E-state index is 12.9. The molecule has 62 valence electrons. The average molecular weight is 170 g/mol. The van der Waals surface area contributed by atoms with E-state index in [0.717, 1.165) is 6.07 Å². The normalized spacial score (nSPS) is 10.8. The van der Waals surface area contributed by atoms with Gasteiger partial charge in [-0.05, 0) is 0 Å². The van der Waals surface area contributed by atoms with Crippen LogP contribution in [-0.2, 0) is 0 Å². The molecular weight excluding hydrogens is 166 g/mol. The summed E-state index contributed by atoms with van der Waals surface area (Å²) in [7, 11) is 0. The van der Waals surface area contributed by atoms with E-state index in [1.165, 1.54) is 6.33 Å². The molecule has 0 spiro atoms. The molecule has 0 aliphatic heterocycles. The van der Waals surface area contributed by atoms with E-state index in [2.05, 4.69) is 9.97 Å². The highest BCUT2D eigenvalue weighted by Gasteiger charge is 2.13. The molecule has 12 heavy (non-hydrogen) atoms. The number of phenolic OH excluding ortho intramolecular Hbond substituents is 1. The van der Waals surface area contributed by atoms with Crippen LogP contribution in [0.3, 0.4) is 0 Å². The van der Waals surface area contributed by atoms with Crippen molar-refractivity contribution < 1.29 is 13.9 Å². The summed E-state index contributed by atoms with van der Waals surface area (Å²) in [5, 5.41) is 8.85. The fourth-order valence-corrected chi connectivity index (χ4v) is 1.01. The Kier molecular flexibility index (Phi) is 1.27. The van der Waals surface area contributed by atoms with Crippen molar-refractivity contribution in [3.05, 3.63) is 24.0 Å².